The molecular formula is C14H20N2S. The summed E-state index contributed by atoms with van der Waals surface area (Å²) in [4.78, 5) is 4.67. The van der Waals surface area contributed by atoms with Crippen LogP contribution in [0.5, 0.6) is 0 Å². The van der Waals surface area contributed by atoms with E-state index in [0.717, 1.165) is 17.3 Å². The van der Waals surface area contributed by atoms with Gasteiger partial charge < -0.3 is 5.32 Å². The van der Waals surface area contributed by atoms with Crippen molar-refractivity contribution in [3.8, 4) is 0 Å². The Hall–Kier alpha value is -0.960. The summed E-state index contributed by atoms with van der Waals surface area (Å²) in [6.45, 7) is 6.64. The molecular weight excluding hydrogens is 228 g/mol. The van der Waals surface area contributed by atoms with Gasteiger partial charge in [-0.1, -0.05) is 50.7 Å². The molecule has 0 fully saturated rings. The average Bonchev–Trinajstić information content (AvgIpc) is 2.77. The van der Waals surface area contributed by atoms with Crippen molar-refractivity contribution >= 4 is 22.6 Å². The molecule has 1 N–H and O–H groups in total. The van der Waals surface area contributed by atoms with Gasteiger partial charge in [0, 0.05) is 11.4 Å². The van der Waals surface area contributed by atoms with Crippen LogP contribution >= 0.6 is 11.8 Å². The summed E-state index contributed by atoms with van der Waals surface area (Å²) in [7, 11) is 0. The fourth-order valence-electron chi connectivity index (χ4n) is 1.92. The number of thioether (sulfide) groups is 1. The van der Waals surface area contributed by atoms with Gasteiger partial charge in [0.25, 0.3) is 0 Å². The third kappa shape index (κ3) is 3.03. The molecule has 0 spiro atoms. The normalized spacial score (nSPS) is 19.5. The van der Waals surface area contributed by atoms with Gasteiger partial charge in [0.05, 0.1) is 6.04 Å². The second-order valence-electron chi connectivity index (χ2n) is 4.67. The molecule has 92 valence electrons. The third-order valence-corrected chi connectivity index (χ3v) is 4.04. The first-order valence-corrected chi connectivity index (χ1v) is 7.25. The topological polar surface area (TPSA) is 24.4 Å². The van der Waals surface area contributed by atoms with Crippen molar-refractivity contribution in [2.45, 2.75) is 39.2 Å². The first-order chi connectivity index (χ1) is 8.20. The van der Waals surface area contributed by atoms with Crippen LogP contribution in [0, 0.1) is 0 Å². The lowest BCUT2D eigenvalue weighted by Crippen LogP contribution is -2.08. The molecule has 1 atom stereocenters. The van der Waals surface area contributed by atoms with E-state index < -0.39 is 0 Å². The van der Waals surface area contributed by atoms with Crippen LogP contribution in [0.15, 0.2) is 29.3 Å². The van der Waals surface area contributed by atoms with Crippen LogP contribution < -0.4 is 5.32 Å². The molecule has 2 rings (SSSR count). The molecule has 3 heteroatoms. The molecule has 0 saturated carbocycles. The van der Waals surface area contributed by atoms with Crippen molar-refractivity contribution in [3.05, 3.63) is 29.8 Å². The second-order valence-corrected chi connectivity index (χ2v) is 5.68. The van der Waals surface area contributed by atoms with Gasteiger partial charge in [-0.25, -0.2) is 0 Å². The van der Waals surface area contributed by atoms with Gasteiger partial charge in [-0.2, -0.15) is 0 Å². The smallest absolute Gasteiger partial charge is 0.161 e. The molecule has 0 bridgehead atoms. The van der Waals surface area contributed by atoms with Gasteiger partial charge in [0.15, 0.2) is 5.17 Å². The maximum absolute atomic E-state index is 4.67. The van der Waals surface area contributed by atoms with Gasteiger partial charge in [-0.15, -0.1) is 0 Å². The molecule has 1 heterocycles. The minimum Gasteiger partial charge on any atom is -0.335 e. The summed E-state index contributed by atoms with van der Waals surface area (Å²) in [5, 5.41) is 4.54. The lowest BCUT2D eigenvalue weighted by molar-refractivity contribution is 0.738. The van der Waals surface area contributed by atoms with Crippen molar-refractivity contribution in [1.82, 2.24) is 0 Å². The highest BCUT2D eigenvalue weighted by atomic mass is 32.2. The predicted molar refractivity (Wildman–Crippen MR) is 78.1 cm³/mol. The fourth-order valence-corrected chi connectivity index (χ4v) is 2.99. The monoisotopic (exact) mass is 248 g/mol. The minimum absolute atomic E-state index is 0.494. The molecule has 2 nitrogen and oxygen atoms in total. The van der Waals surface area contributed by atoms with E-state index in [1.54, 1.807) is 0 Å². The minimum atomic E-state index is 0.494. The van der Waals surface area contributed by atoms with Gasteiger partial charge in [0.2, 0.25) is 0 Å². The Morgan fingerprint density at radius 1 is 1.41 bits per heavy atom. The van der Waals surface area contributed by atoms with Gasteiger partial charge in [-0.3, -0.25) is 4.99 Å². The summed E-state index contributed by atoms with van der Waals surface area (Å²) in [5.74, 6) is 1.65. The van der Waals surface area contributed by atoms with Crippen LogP contribution in [0.1, 0.15) is 38.7 Å². The summed E-state index contributed by atoms with van der Waals surface area (Å²) in [5.41, 5.74) is 2.56. The Morgan fingerprint density at radius 3 is 2.82 bits per heavy atom. The van der Waals surface area contributed by atoms with Gasteiger partial charge >= 0.3 is 0 Å². The third-order valence-electron chi connectivity index (χ3n) is 3.01. The molecule has 1 aromatic rings. The number of hydrogen-bond acceptors (Lipinski definition) is 3. The van der Waals surface area contributed by atoms with Crippen molar-refractivity contribution < 1.29 is 0 Å². The quantitative estimate of drug-likeness (QED) is 0.870. The predicted octanol–water partition coefficient (Wildman–Crippen LogP) is 4.10. The van der Waals surface area contributed by atoms with E-state index in [4.69, 9.17) is 0 Å². The number of aliphatic imine (C=N–C) groups is 1. The van der Waals surface area contributed by atoms with E-state index in [1.165, 1.54) is 11.3 Å². The van der Waals surface area contributed by atoms with E-state index in [9.17, 15) is 0 Å². The number of para-hydroxylation sites is 1. The van der Waals surface area contributed by atoms with Crippen LogP contribution in [-0.2, 0) is 0 Å². The molecule has 1 aromatic carbocycles. The molecule has 0 saturated heterocycles. The van der Waals surface area contributed by atoms with Crippen LogP contribution in [0.2, 0.25) is 0 Å². The summed E-state index contributed by atoms with van der Waals surface area (Å²) >= 11 is 1.83. The molecule has 1 unspecified atom stereocenters. The fraction of sp³-hybridized carbons (Fsp3) is 0.500. The standard InChI is InChI=1S/C14H20N2S/c1-4-11-9-17-14(15-11)16-13-8-6-5-7-12(13)10(2)3/h5-8,10-11H,4,9H2,1-3H3,(H,15,16). The van der Waals surface area contributed by atoms with Crippen LogP contribution in [0.4, 0.5) is 5.69 Å². The second kappa shape index (κ2) is 5.58. The highest BCUT2D eigenvalue weighted by molar-refractivity contribution is 8.14. The number of rotatable bonds is 3. The molecule has 0 aromatic heterocycles. The Labute approximate surface area is 108 Å². The van der Waals surface area contributed by atoms with E-state index in [2.05, 4.69) is 55.3 Å². The van der Waals surface area contributed by atoms with Crippen LogP contribution in [0.25, 0.3) is 0 Å². The van der Waals surface area contributed by atoms with E-state index in [-0.39, 0.29) is 0 Å². The van der Waals surface area contributed by atoms with Crippen molar-refractivity contribution in [3.63, 3.8) is 0 Å². The summed E-state index contributed by atoms with van der Waals surface area (Å²) in [6.07, 6.45) is 1.13. The maximum Gasteiger partial charge on any atom is 0.161 e. The Kier molecular flexibility index (Phi) is 4.11. The highest BCUT2D eigenvalue weighted by Crippen LogP contribution is 2.27. The number of amidine groups is 1. The summed E-state index contributed by atoms with van der Waals surface area (Å²) < 4.78 is 0. The number of hydrogen-bond donors (Lipinski definition) is 1. The molecule has 1 aliphatic rings. The SMILES string of the molecule is CCC1CSC(Nc2ccccc2C(C)C)=N1. The van der Waals surface area contributed by atoms with E-state index >= 15 is 0 Å². The average molecular weight is 248 g/mol. The first-order valence-electron chi connectivity index (χ1n) is 6.27. The van der Waals surface area contributed by atoms with E-state index in [0.29, 0.717) is 12.0 Å². The van der Waals surface area contributed by atoms with Crippen molar-refractivity contribution in [2.24, 2.45) is 4.99 Å². The largest absolute Gasteiger partial charge is 0.335 e. The zero-order valence-corrected chi connectivity index (χ0v) is 11.6. The maximum atomic E-state index is 4.67. The number of benzene rings is 1. The van der Waals surface area contributed by atoms with Crippen LogP contribution in [-0.4, -0.2) is 17.0 Å². The Balaban J connectivity index is 2.14. The lowest BCUT2D eigenvalue weighted by atomic mass is 10.0. The number of nitrogens with one attached hydrogen (secondary N) is 1. The highest BCUT2D eigenvalue weighted by Gasteiger charge is 2.17. The first kappa shape index (κ1) is 12.5. The van der Waals surface area contributed by atoms with Gasteiger partial charge in [0.1, 0.15) is 0 Å². The zero-order chi connectivity index (χ0) is 12.3. The summed E-state index contributed by atoms with van der Waals surface area (Å²) in [6, 6.07) is 8.99. The van der Waals surface area contributed by atoms with E-state index in [1.807, 2.05) is 11.8 Å². The molecule has 0 amide bonds. The van der Waals surface area contributed by atoms with Crippen LogP contribution in [0.3, 0.4) is 0 Å². The molecule has 1 aliphatic heterocycles. The van der Waals surface area contributed by atoms with Gasteiger partial charge in [-0.05, 0) is 24.0 Å². The molecule has 17 heavy (non-hydrogen) atoms. The molecule has 0 aliphatic carbocycles. The zero-order valence-electron chi connectivity index (χ0n) is 10.7. The van der Waals surface area contributed by atoms with Crippen molar-refractivity contribution in [2.75, 3.05) is 11.1 Å². The number of anilines is 1. The lowest BCUT2D eigenvalue weighted by Gasteiger charge is -2.13. The Bertz CT molecular complexity index is 412. The Morgan fingerprint density at radius 2 is 2.18 bits per heavy atom. The number of nitrogens with zero attached hydrogens (tertiary/aromatic N) is 1. The van der Waals surface area contributed by atoms with Crippen molar-refractivity contribution in [1.29, 1.82) is 0 Å². The molecule has 0 radical (unpaired) electrons.